The van der Waals surface area contributed by atoms with Gasteiger partial charge in [0.1, 0.15) is 5.82 Å². The third kappa shape index (κ3) is 2.21. The van der Waals surface area contributed by atoms with E-state index in [0.29, 0.717) is 18.7 Å². The lowest BCUT2D eigenvalue weighted by Gasteiger charge is -2.32. The zero-order valence-electron chi connectivity index (χ0n) is 7.92. The molecular weight excluding hydrogens is 198 g/mol. The molecule has 0 unspecified atom stereocenters. The van der Waals surface area contributed by atoms with E-state index in [-0.39, 0.29) is 17.8 Å². The van der Waals surface area contributed by atoms with Gasteiger partial charge in [-0.25, -0.2) is 14.8 Å². The second-order valence-electron chi connectivity index (χ2n) is 3.56. The lowest BCUT2D eigenvalue weighted by Crippen LogP contribution is -2.39. The molecule has 80 valence electrons. The Labute approximate surface area is 86.0 Å². The van der Waals surface area contributed by atoms with E-state index in [1.54, 1.807) is 0 Å². The minimum Gasteiger partial charge on any atom is -0.476 e. The van der Waals surface area contributed by atoms with Crippen LogP contribution >= 0.6 is 0 Å². The first-order valence-electron chi connectivity index (χ1n) is 4.65. The number of nitrogens with zero attached hydrogens (tertiary/aromatic N) is 2. The lowest BCUT2D eigenvalue weighted by atomic mass is 9.90. The summed E-state index contributed by atoms with van der Waals surface area (Å²) in [7, 11) is 0. The van der Waals surface area contributed by atoms with Gasteiger partial charge < -0.3 is 15.5 Å². The standard InChI is InChI=1S/C9H11N3O3/c13-6-1-5(2-6)12-8-4-10-7(3-11-8)9(14)15/h3-6,13H,1-2H2,(H,11,12)(H,14,15). The molecule has 0 bridgehead atoms. The maximum Gasteiger partial charge on any atom is 0.356 e. The maximum absolute atomic E-state index is 10.5. The van der Waals surface area contributed by atoms with Crippen LogP contribution < -0.4 is 5.32 Å². The van der Waals surface area contributed by atoms with E-state index in [1.807, 2.05) is 0 Å². The summed E-state index contributed by atoms with van der Waals surface area (Å²) in [5, 5.41) is 20.7. The minimum atomic E-state index is -1.09. The Morgan fingerprint density at radius 3 is 2.60 bits per heavy atom. The molecule has 0 atom stereocenters. The van der Waals surface area contributed by atoms with Crippen LogP contribution in [-0.4, -0.2) is 38.3 Å². The normalized spacial score (nSPS) is 24.3. The number of nitrogens with one attached hydrogen (secondary N) is 1. The van der Waals surface area contributed by atoms with Crippen LogP contribution in [0.2, 0.25) is 0 Å². The van der Waals surface area contributed by atoms with Gasteiger partial charge in [-0.2, -0.15) is 0 Å². The van der Waals surface area contributed by atoms with Gasteiger partial charge in [0.25, 0.3) is 0 Å². The fourth-order valence-corrected chi connectivity index (χ4v) is 1.43. The number of carboxylic acids is 1. The smallest absolute Gasteiger partial charge is 0.356 e. The van der Waals surface area contributed by atoms with E-state index in [2.05, 4.69) is 15.3 Å². The first-order chi connectivity index (χ1) is 7.15. The van der Waals surface area contributed by atoms with Gasteiger partial charge in [0.05, 0.1) is 18.5 Å². The second kappa shape index (κ2) is 3.82. The van der Waals surface area contributed by atoms with Gasteiger partial charge in [0.15, 0.2) is 5.69 Å². The summed E-state index contributed by atoms with van der Waals surface area (Å²) in [6, 6.07) is 0.213. The number of rotatable bonds is 3. The Hall–Kier alpha value is -1.69. The van der Waals surface area contributed by atoms with Gasteiger partial charge in [-0.05, 0) is 12.8 Å². The summed E-state index contributed by atoms with van der Waals surface area (Å²) in [5.41, 5.74) is -0.0748. The molecule has 6 heteroatoms. The van der Waals surface area contributed by atoms with E-state index < -0.39 is 5.97 Å². The summed E-state index contributed by atoms with van der Waals surface area (Å²) in [5.74, 6) is -0.551. The molecule has 3 N–H and O–H groups in total. The molecule has 0 spiro atoms. The number of aromatic nitrogens is 2. The van der Waals surface area contributed by atoms with Crippen molar-refractivity contribution in [2.24, 2.45) is 0 Å². The first kappa shape index (κ1) is 9.85. The molecule has 0 aliphatic heterocycles. The van der Waals surface area contributed by atoms with E-state index in [1.165, 1.54) is 12.4 Å². The number of carbonyl (C=O) groups is 1. The Kier molecular flexibility index (Phi) is 2.51. The van der Waals surface area contributed by atoms with Crippen molar-refractivity contribution in [3.8, 4) is 0 Å². The van der Waals surface area contributed by atoms with Crippen LogP contribution in [0, 0.1) is 0 Å². The van der Waals surface area contributed by atoms with E-state index >= 15 is 0 Å². The molecule has 15 heavy (non-hydrogen) atoms. The predicted octanol–water partition coefficient (Wildman–Crippen LogP) is 0.110. The largest absolute Gasteiger partial charge is 0.476 e. The van der Waals surface area contributed by atoms with Crippen LogP contribution in [0.3, 0.4) is 0 Å². The van der Waals surface area contributed by atoms with Gasteiger partial charge in [0, 0.05) is 6.04 Å². The molecule has 1 saturated carbocycles. The van der Waals surface area contributed by atoms with Crippen molar-refractivity contribution in [3.63, 3.8) is 0 Å². The van der Waals surface area contributed by atoms with Gasteiger partial charge in [-0.3, -0.25) is 0 Å². The molecular formula is C9H11N3O3. The summed E-state index contributed by atoms with van der Waals surface area (Å²) >= 11 is 0. The molecule has 1 aliphatic carbocycles. The average Bonchev–Trinajstić information content (AvgIpc) is 2.16. The summed E-state index contributed by atoms with van der Waals surface area (Å²) < 4.78 is 0. The fraction of sp³-hybridized carbons (Fsp3) is 0.444. The van der Waals surface area contributed by atoms with Crippen LogP contribution in [0.5, 0.6) is 0 Å². The highest BCUT2D eigenvalue weighted by atomic mass is 16.4. The fourth-order valence-electron chi connectivity index (χ4n) is 1.43. The van der Waals surface area contributed by atoms with Crippen molar-refractivity contribution in [1.82, 2.24) is 9.97 Å². The third-order valence-corrected chi connectivity index (χ3v) is 2.34. The van der Waals surface area contributed by atoms with Gasteiger partial charge >= 0.3 is 5.97 Å². The molecule has 1 fully saturated rings. The Morgan fingerprint density at radius 1 is 1.40 bits per heavy atom. The van der Waals surface area contributed by atoms with Gasteiger partial charge in [-0.1, -0.05) is 0 Å². The van der Waals surface area contributed by atoms with Crippen LogP contribution in [0.1, 0.15) is 23.3 Å². The Bertz CT molecular complexity index is 359. The zero-order chi connectivity index (χ0) is 10.8. The number of aliphatic hydroxyl groups is 1. The molecule has 0 aromatic carbocycles. The highest BCUT2D eigenvalue weighted by molar-refractivity contribution is 5.84. The number of hydrogen-bond acceptors (Lipinski definition) is 5. The second-order valence-corrected chi connectivity index (χ2v) is 3.56. The minimum absolute atomic E-state index is 0.0748. The number of hydrogen-bond donors (Lipinski definition) is 3. The number of anilines is 1. The van der Waals surface area contributed by atoms with Crippen molar-refractivity contribution >= 4 is 11.8 Å². The topological polar surface area (TPSA) is 95.3 Å². The molecule has 1 aromatic heterocycles. The van der Waals surface area contributed by atoms with Crippen LogP contribution in [0.4, 0.5) is 5.82 Å². The summed E-state index contributed by atoms with van der Waals surface area (Å²) in [6.45, 7) is 0. The molecule has 1 aliphatic rings. The van der Waals surface area contributed by atoms with Gasteiger partial charge in [-0.15, -0.1) is 0 Å². The highest BCUT2D eigenvalue weighted by Gasteiger charge is 2.27. The van der Waals surface area contributed by atoms with Crippen LogP contribution in [0.25, 0.3) is 0 Å². The molecule has 0 amide bonds. The van der Waals surface area contributed by atoms with Crippen molar-refractivity contribution in [1.29, 1.82) is 0 Å². The Balaban J connectivity index is 1.95. The van der Waals surface area contributed by atoms with Crippen molar-refractivity contribution in [2.75, 3.05) is 5.32 Å². The number of carboxylic acid groups (broad SMARTS) is 1. The molecule has 6 nitrogen and oxygen atoms in total. The maximum atomic E-state index is 10.5. The average molecular weight is 209 g/mol. The first-order valence-corrected chi connectivity index (χ1v) is 4.65. The lowest BCUT2D eigenvalue weighted by molar-refractivity contribution is 0.0690. The zero-order valence-corrected chi connectivity index (χ0v) is 7.92. The Morgan fingerprint density at radius 2 is 2.13 bits per heavy atom. The quantitative estimate of drug-likeness (QED) is 0.654. The van der Waals surface area contributed by atoms with Gasteiger partial charge in [0.2, 0.25) is 0 Å². The number of aromatic carboxylic acids is 1. The third-order valence-electron chi connectivity index (χ3n) is 2.34. The number of aliphatic hydroxyl groups excluding tert-OH is 1. The van der Waals surface area contributed by atoms with E-state index in [0.717, 1.165) is 0 Å². The summed E-state index contributed by atoms with van der Waals surface area (Å²) in [4.78, 5) is 18.1. The molecule has 1 aromatic rings. The van der Waals surface area contributed by atoms with E-state index in [4.69, 9.17) is 10.2 Å². The molecule has 2 rings (SSSR count). The van der Waals surface area contributed by atoms with Crippen molar-refractivity contribution < 1.29 is 15.0 Å². The monoisotopic (exact) mass is 209 g/mol. The molecule has 0 saturated heterocycles. The van der Waals surface area contributed by atoms with Crippen molar-refractivity contribution in [3.05, 3.63) is 18.1 Å². The summed E-state index contributed by atoms with van der Waals surface area (Å²) in [6.07, 6.45) is 3.76. The van der Waals surface area contributed by atoms with E-state index in [9.17, 15) is 4.79 Å². The van der Waals surface area contributed by atoms with Crippen LogP contribution in [-0.2, 0) is 0 Å². The van der Waals surface area contributed by atoms with Crippen molar-refractivity contribution in [2.45, 2.75) is 25.0 Å². The van der Waals surface area contributed by atoms with Crippen LogP contribution in [0.15, 0.2) is 12.4 Å². The highest BCUT2D eigenvalue weighted by Crippen LogP contribution is 2.22. The predicted molar refractivity (Wildman–Crippen MR) is 51.6 cm³/mol. The molecule has 1 heterocycles. The molecule has 0 radical (unpaired) electrons. The SMILES string of the molecule is O=C(O)c1cnc(NC2CC(O)C2)cn1.